The molecule has 0 aliphatic heterocycles. The summed E-state index contributed by atoms with van der Waals surface area (Å²) in [6.45, 7) is 6.40. The van der Waals surface area contributed by atoms with E-state index in [9.17, 15) is 9.59 Å². The fourth-order valence-corrected chi connectivity index (χ4v) is 3.36. The van der Waals surface area contributed by atoms with Gasteiger partial charge in [0.05, 0.1) is 29.8 Å². The van der Waals surface area contributed by atoms with Gasteiger partial charge >= 0.3 is 0 Å². The predicted molar refractivity (Wildman–Crippen MR) is 98.1 cm³/mol. The van der Waals surface area contributed by atoms with Gasteiger partial charge in [-0.15, -0.1) is 0 Å². The van der Waals surface area contributed by atoms with E-state index in [4.69, 9.17) is 16.3 Å². The van der Waals surface area contributed by atoms with Crippen LogP contribution in [-0.2, 0) is 16.1 Å². The number of carbonyl (C=O) groups is 1. The molecular formula is C17H21ClN2O3S. The summed E-state index contributed by atoms with van der Waals surface area (Å²) in [6.07, 6.45) is 0. The lowest BCUT2D eigenvalue weighted by Crippen LogP contribution is -2.27. The van der Waals surface area contributed by atoms with Gasteiger partial charge in [-0.2, -0.15) is 0 Å². The molecule has 2 aromatic rings. The van der Waals surface area contributed by atoms with E-state index in [1.165, 1.54) is 11.8 Å². The Morgan fingerprint density at radius 3 is 2.71 bits per heavy atom. The van der Waals surface area contributed by atoms with Crippen molar-refractivity contribution in [2.24, 2.45) is 5.41 Å². The Labute approximate surface area is 150 Å². The van der Waals surface area contributed by atoms with E-state index in [-0.39, 0.29) is 17.1 Å². The normalized spacial score (nSPS) is 11.9. The van der Waals surface area contributed by atoms with Crippen LogP contribution in [0.3, 0.4) is 0 Å². The van der Waals surface area contributed by atoms with Gasteiger partial charge in [0.25, 0.3) is 5.56 Å². The topological polar surface area (TPSA) is 61.2 Å². The van der Waals surface area contributed by atoms with E-state index in [2.05, 4.69) is 4.98 Å². The van der Waals surface area contributed by atoms with Crippen LogP contribution in [0.25, 0.3) is 10.9 Å². The Morgan fingerprint density at radius 1 is 1.38 bits per heavy atom. The van der Waals surface area contributed by atoms with E-state index < -0.39 is 5.41 Å². The van der Waals surface area contributed by atoms with Crippen LogP contribution < -0.4 is 5.56 Å². The molecule has 1 heterocycles. The molecule has 1 aromatic carbocycles. The number of thioether (sulfide) groups is 1. The summed E-state index contributed by atoms with van der Waals surface area (Å²) < 4.78 is 6.64. The number of carbonyl (C=O) groups excluding carboxylic acids is 1. The Balaban J connectivity index is 2.45. The maximum Gasteiger partial charge on any atom is 0.262 e. The highest BCUT2D eigenvalue weighted by atomic mass is 35.5. The number of aromatic nitrogens is 2. The van der Waals surface area contributed by atoms with Crippen LogP contribution in [0, 0.1) is 5.41 Å². The third-order valence-electron chi connectivity index (χ3n) is 3.57. The average molecular weight is 369 g/mol. The molecule has 0 aliphatic rings. The molecule has 0 atom stereocenters. The van der Waals surface area contributed by atoms with Gasteiger partial charge in [-0.25, -0.2) is 4.98 Å². The van der Waals surface area contributed by atoms with Crippen LogP contribution in [0.15, 0.2) is 28.2 Å². The van der Waals surface area contributed by atoms with Crippen molar-refractivity contribution in [1.29, 1.82) is 0 Å². The minimum absolute atomic E-state index is 0.103. The van der Waals surface area contributed by atoms with Crippen molar-refractivity contribution in [1.82, 2.24) is 9.55 Å². The van der Waals surface area contributed by atoms with Crippen LogP contribution in [0.1, 0.15) is 20.8 Å². The van der Waals surface area contributed by atoms with Gasteiger partial charge in [0.15, 0.2) is 5.16 Å². The first-order valence-corrected chi connectivity index (χ1v) is 8.95. The lowest BCUT2D eigenvalue weighted by molar-refractivity contribution is -0.123. The number of nitrogens with zero attached hydrogens (tertiary/aromatic N) is 2. The molecular weight excluding hydrogens is 348 g/mol. The number of hydrogen-bond donors (Lipinski definition) is 0. The summed E-state index contributed by atoms with van der Waals surface area (Å²) in [4.78, 5) is 29.5. The Bertz CT molecular complexity index is 812. The number of fused-ring (bicyclic) bond motifs is 1. The van der Waals surface area contributed by atoms with Gasteiger partial charge < -0.3 is 4.74 Å². The molecule has 0 bridgehead atoms. The number of methoxy groups -OCH3 is 1. The molecule has 130 valence electrons. The molecule has 0 saturated heterocycles. The highest BCUT2D eigenvalue weighted by molar-refractivity contribution is 7.99. The van der Waals surface area contributed by atoms with E-state index >= 15 is 0 Å². The van der Waals surface area contributed by atoms with Crippen molar-refractivity contribution in [3.63, 3.8) is 0 Å². The van der Waals surface area contributed by atoms with E-state index in [1.54, 1.807) is 29.9 Å². The summed E-state index contributed by atoms with van der Waals surface area (Å²) in [5.74, 6) is 0.362. The Morgan fingerprint density at radius 2 is 2.08 bits per heavy atom. The molecule has 0 saturated carbocycles. The Hall–Kier alpha value is -1.37. The highest BCUT2D eigenvalue weighted by Gasteiger charge is 2.22. The second-order valence-electron chi connectivity index (χ2n) is 6.47. The first kappa shape index (κ1) is 19.0. The zero-order chi connectivity index (χ0) is 17.9. The van der Waals surface area contributed by atoms with Crippen LogP contribution in [0.2, 0.25) is 5.02 Å². The number of halogens is 1. The Kier molecular flexibility index (Phi) is 6.06. The molecule has 1 aromatic heterocycles. The monoisotopic (exact) mass is 368 g/mol. The van der Waals surface area contributed by atoms with Gasteiger partial charge in [0.1, 0.15) is 5.78 Å². The maximum atomic E-state index is 12.7. The third-order valence-corrected chi connectivity index (χ3v) is 4.78. The summed E-state index contributed by atoms with van der Waals surface area (Å²) >= 11 is 7.28. The van der Waals surface area contributed by atoms with Gasteiger partial charge in [0.2, 0.25) is 0 Å². The van der Waals surface area contributed by atoms with Gasteiger partial charge in [-0.1, -0.05) is 44.1 Å². The van der Waals surface area contributed by atoms with Crippen LogP contribution in [0.5, 0.6) is 0 Å². The first-order chi connectivity index (χ1) is 11.2. The fourth-order valence-electron chi connectivity index (χ4n) is 2.01. The fraction of sp³-hybridized carbons (Fsp3) is 0.471. The average Bonchev–Trinajstić information content (AvgIpc) is 2.50. The van der Waals surface area contributed by atoms with Crippen LogP contribution >= 0.6 is 23.4 Å². The molecule has 0 aliphatic carbocycles. The predicted octanol–water partition coefficient (Wildman–Crippen LogP) is 3.40. The lowest BCUT2D eigenvalue weighted by atomic mass is 9.92. The largest absolute Gasteiger partial charge is 0.383 e. The summed E-state index contributed by atoms with van der Waals surface area (Å²) in [5, 5.41) is 1.53. The molecule has 7 heteroatoms. The quantitative estimate of drug-likeness (QED) is 0.577. The molecule has 0 N–H and O–H groups in total. The summed E-state index contributed by atoms with van der Waals surface area (Å²) in [6, 6.07) is 5.00. The summed E-state index contributed by atoms with van der Waals surface area (Å²) in [7, 11) is 1.58. The van der Waals surface area contributed by atoms with Crippen molar-refractivity contribution < 1.29 is 9.53 Å². The second-order valence-corrected chi connectivity index (χ2v) is 7.85. The first-order valence-electron chi connectivity index (χ1n) is 7.59. The highest BCUT2D eigenvalue weighted by Crippen LogP contribution is 2.24. The van der Waals surface area contributed by atoms with Crippen LogP contribution in [-0.4, -0.2) is 34.8 Å². The van der Waals surface area contributed by atoms with Gasteiger partial charge in [0, 0.05) is 17.5 Å². The number of Topliss-reactive ketones (excluding diaryl/α,β-unsaturated/α-hetero) is 1. The van der Waals surface area contributed by atoms with E-state index in [0.29, 0.717) is 34.2 Å². The molecule has 0 unspecified atom stereocenters. The zero-order valence-electron chi connectivity index (χ0n) is 14.3. The number of hydrogen-bond acceptors (Lipinski definition) is 5. The van der Waals surface area contributed by atoms with Crippen molar-refractivity contribution in [3.05, 3.63) is 33.6 Å². The smallest absolute Gasteiger partial charge is 0.262 e. The standard InChI is InChI=1S/C17H21ClN2O3S/c1-17(2,3)14(21)10-24-16-19-13-9-11(18)5-6-12(13)15(22)20(16)7-8-23-4/h5-6,9H,7-8,10H2,1-4H3. The third kappa shape index (κ3) is 4.37. The molecule has 2 rings (SSSR count). The van der Waals surface area contributed by atoms with Crippen molar-refractivity contribution in [2.75, 3.05) is 19.5 Å². The SMILES string of the molecule is COCCn1c(SCC(=O)C(C)(C)C)nc2cc(Cl)ccc2c1=O. The summed E-state index contributed by atoms with van der Waals surface area (Å²) in [5.41, 5.74) is -0.0450. The minimum Gasteiger partial charge on any atom is -0.383 e. The van der Waals surface area contributed by atoms with Crippen molar-refractivity contribution >= 4 is 40.0 Å². The number of ketones is 1. The van der Waals surface area contributed by atoms with E-state index in [0.717, 1.165) is 0 Å². The van der Waals surface area contributed by atoms with Gasteiger partial charge in [-0.05, 0) is 18.2 Å². The molecule has 0 fully saturated rings. The maximum absolute atomic E-state index is 12.7. The molecule has 5 nitrogen and oxygen atoms in total. The van der Waals surface area contributed by atoms with Crippen LogP contribution in [0.4, 0.5) is 0 Å². The molecule has 0 amide bonds. The zero-order valence-corrected chi connectivity index (χ0v) is 15.8. The lowest BCUT2D eigenvalue weighted by Gasteiger charge is -2.17. The van der Waals surface area contributed by atoms with Crippen molar-refractivity contribution in [2.45, 2.75) is 32.5 Å². The minimum atomic E-state index is -0.426. The molecule has 0 radical (unpaired) electrons. The van der Waals surface area contributed by atoms with Gasteiger partial charge in [-0.3, -0.25) is 14.2 Å². The second kappa shape index (κ2) is 7.68. The molecule has 24 heavy (non-hydrogen) atoms. The number of benzene rings is 1. The molecule has 0 spiro atoms. The van der Waals surface area contributed by atoms with Crippen molar-refractivity contribution in [3.8, 4) is 0 Å². The van der Waals surface area contributed by atoms with E-state index in [1.807, 2.05) is 20.8 Å². The number of ether oxygens (including phenoxy) is 1. The number of rotatable bonds is 6.